The lowest BCUT2D eigenvalue weighted by atomic mass is 9.95. The third-order valence-electron chi connectivity index (χ3n) is 4.33. The number of aryl methyl sites for hydroxylation is 2. The van der Waals surface area contributed by atoms with E-state index in [4.69, 9.17) is 0 Å². The smallest absolute Gasteiger partial charge is 0.207 e. The van der Waals surface area contributed by atoms with Gasteiger partial charge < -0.3 is 9.88 Å². The van der Waals surface area contributed by atoms with Gasteiger partial charge in [-0.2, -0.15) is 0 Å². The molecular weight excluding hydrogens is 326 g/mol. The van der Waals surface area contributed by atoms with Crippen LogP contribution >= 0.6 is 15.9 Å². The van der Waals surface area contributed by atoms with Gasteiger partial charge in [-0.3, -0.25) is 0 Å². The lowest BCUT2D eigenvalue weighted by molar-refractivity contribution is 0.356. The number of benzene rings is 1. The van der Waals surface area contributed by atoms with Crippen molar-refractivity contribution in [2.24, 2.45) is 0 Å². The van der Waals surface area contributed by atoms with Crippen LogP contribution in [-0.2, 0) is 0 Å². The van der Waals surface area contributed by atoms with E-state index in [2.05, 4.69) is 63.0 Å². The maximum atomic E-state index is 4.51. The SMILES string of the molecule is Cc1cc(Nc2nccn2C2CCCCC2)cc(C)c1Br. The standard InChI is InChI=1S/C17H22BrN3/c1-12-10-14(11-13(2)16(12)18)20-17-19-8-9-21(17)15-6-4-3-5-7-15/h8-11,15H,3-7H2,1-2H3,(H,19,20). The summed E-state index contributed by atoms with van der Waals surface area (Å²) in [6.45, 7) is 4.24. The molecule has 1 fully saturated rings. The van der Waals surface area contributed by atoms with Crippen LogP contribution < -0.4 is 5.32 Å². The number of anilines is 2. The van der Waals surface area contributed by atoms with Gasteiger partial charge >= 0.3 is 0 Å². The first-order chi connectivity index (χ1) is 10.1. The maximum Gasteiger partial charge on any atom is 0.207 e. The Kier molecular flexibility index (Phi) is 4.34. The van der Waals surface area contributed by atoms with Crippen molar-refractivity contribution >= 4 is 27.6 Å². The molecule has 3 rings (SSSR count). The number of nitrogens with zero attached hydrogens (tertiary/aromatic N) is 2. The first kappa shape index (κ1) is 14.6. The molecule has 0 aliphatic heterocycles. The molecule has 4 heteroatoms. The highest BCUT2D eigenvalue weighted by Crippen LogP contribution is 2.32. The second-order valence-electron chi connectivity index (χ2n) is 6.00. The summed E-state index contributed by atoms with van der Waals surface area (Å²) in [5.41, 5.74) is 3.60. The number of aromatic nitrogens is 2. The summed E-state index contributed by atoms with van der Waals surface area (Å²) < 4.78 is 3.50. The van der Waals surface area contributed by atoms with Gasteiger partial charge in [0.15, 0.2) is 0 Å². The molecular formula is C17H22BrN3. The van der Waals surface area contributed by atoms with Crippen LogP contribution in [0.1, 0.15) is 49.3 Å². The van der Waals surface area contributed by atoms with Gasteiger partial charge in [-0.15, -0.1) is 0 Å². The van der Waals surface area contributed by atoms with E-state index in [1.54, 1.807) is 0 Å². The molecule has 1 N–H and O–H groups in total. The fraction of sp³-hybridized carbons (Fsp3) is 0.471. The minimum absolute atomic E-state index is 0.599. The van der Waals surface area contributed by atoms with Gasteiger partial charge in [0.2, 0.25) is 5.95 Å². The van der Waals surface area contributed by atoms with Gasteiger partial charge in [0.05, 0.1) is 0 Å². The number of imidazole rings is 1. The Bertz CT molecular complexity index is 604. The molecule has 3 nitrogen and oxygen atoms in total. The molecule has 0 unspecified atom stereocenters. The molecule has 1 saturated carbocycles. The van der Waals surface area contributed by atoms with E-state index in [-0.39, 0.29) is 0 Å². The van der Waals surface area contributed by atoms with E-state index < -0.39 is 0 Å². The van der Waals surface area contributed by atoms with E-state index in [1.807, 2.05) is 6.20 Å². The Labute approximate surface area is 134 Å². The number of hydrogen-bond acceptors (Lipinski definition) is 2. The molecule has 0 amide bonds. The van der Waals surface area contributed by atoms with Crippen LogP contribution in [0.4, 0.5) is 11.6 Å². The summed E-state index contributed by atoms with van der Waals surface area (Å²) in [5, 5.41) is 3.49. The molecule has 21 heavy (non-hydrogen) atoms. The van der Waals surface area contributed by atoms with E-state index >= 15 is 0 Å². The zero-order valence-electron chi connectivity index (χ0n) is 12.7. The van der Waals surface area contributed by atoms with Gasteiger partial charge in [-0.25, -0.2) is 4.98 Å². The first-order valence-corrected chi connectivity index (χ1v) is 8.51. The summed E-state index contributed by atoms with van der Waals surface area (Å²) in [5.74, 6) is 0.961. The largest absolute Gasteiger partial charge is 0.326 e. The van der Waals surface area contributed by atoms with Crippen LogP contribution in [0.3, 0.4) is 0 Å². The quantitative estimate of drug-likeness (QED) is 0.792. The Balaban J connectivity index is 1.84. The topological polar surface area (TPSA) is 29.9 Å². The normalized spacial score (nSPS) is 16.1. The molecule has 0 radical (unpaired) electrons. The predicted molar refractivity (Wildman–Crippen MR) is 91.2 cm³/mol. The third-order valence-corrected chi connectivity index (χ3v) is 5.58. The fourth-order valence-electron chi connectivity index (χ4n) is 3.21. The molecule has 1 heterocycles. The van der Waals surface area contributed by atoms with Crippen molar-refractivity contribution in [3.63, 3.8) is 0 Å². The molecule has 0 bridgehead atoms. The minimum atomic E-state index is 0.599. The van der Waals surface area contributed by atoms with Gasteiger partial charge in [0.1, 0.15) is 0 Å². The van der Waals surface area contributed by atoms with Crippen molar-refractivity contribution in [2.75, 3.05) is 5.32 Å². The summed E-state index contributed by atoms with van der Waals surface area (Å²) >= 11 is 3.62. The summed E-state index contributed by atoms with van der Waals surface area (Å²) in [6.07, 6.45) is 10.6. The number of nitrogens with one attached hydrogen (secondary N) is 1. The van der Waals surface area contributed by atoms with Gasteiger partial charge in [-0.05, 0) is 49.9 Å². The average molecular weight is 348 g/mol. The molecule has 1 aromatic carbocycles. The lowest BCUT2D eigenvalue weighted by Crippen LogP contribution is -2.14. The fourth-order valence-corrected chi connectivity index (χ4v) is 3.44. The van der Waals surface area contributed by atoms with Crippen molar-refractivity contribution in [3.8, 4) is 0 Å². The zero-order chi connectivity index (χ0) is 14.8. The molecule has 1 aliphatic carbocycles. The average Bonchev–Trinajstić information content (AvgIpc) is 2.94. The molecule has 0 atom stereocenters. The summed E-state index contributed by atoms with van der Waals surface area (Å²) in [7, 11) is 0. The first-order valence-electron chi connectivity index (χ1n) is 7.72. The van der Waals surface area contributed by atoms with E-state index in [0.29, 0.717) is 6.04 Å². The summed E-state index contributed by atoms with van der Waals surface area (Å²) in [6, 6.07) is 4.93. The van der Waals surface area contributed by atoms with Crippen molar-refractivity contribution in [1.82, 2.24) is 9.55 Å². The number of rotatable bonds is 3. The van der Waals surface area contributed by atoms with Crippen molar-refractivity contribution in [2.45, 2.75) is 52.0 Å². The van der Waals surface area contributed by atoms with Crippen LogP contribution in [0.25, 0.3) is 0 Å². The molecule has 2 aromatic rings. The highest BCUT2D eigenvalue weighted by atomic mass is 79.9. The van der Waals surface area contributed by atoms with Gasteiger partial charge in [-0.1, -0.05) is 35.2 Å². The second kappa shape index (κ2) is 6.22. The highest BCUT2D eigenvalue weighted by molar-refractivity contribution is 9.10. The molecule has 1 aromatic heterocycles. The monoisotopic (exact) mass is 347 g/mol. The summed E-state index contributed by atoms with van der Waals surface area (Å²) in [4.78, 5) is 4.51. The van der Waals surface area contributed by atoms with Crippen LogP contribution in [0.2, 0.25) is 0 Å². The Morgan fingerprint density at radius 2 is 1.81 bits per heavy atom. The van der Waals surface area contributed by atoms with Crippen molar-refractivity contribution in [3.05, 3.63) is 40.1 Å². The Morgan fingerprint density at radius 1 is 1.14 bits per heavy atom. The molecule has 112 valence electrons. The maximum absolute atomic E-state index is 4.51. The highest BCUT2D eigenvalue weighted by Gasteiger charge is 2.18. The van der Waals surface area contributed by atoms with Gasteiger partial charge in [0.25, 0.3) is 0 Å². The van der Waals surface area contributed by atoms with Crippen LogP contribution in [0, 0.1) is 13.8 Å². The van der Waals surface area contributed by atoms with Crippen LogP contribution in [0.15, 0.2) is 29.0 Å². The van der Waals surface area contributed by atoms with E-state index in [9.17, 15) is 0 Å². The van der Waals surface area contributed by atoms with Gasteiger partial charge in [0, 0.05) is 28.6 Å². The van der Waals surface area contributed by atoms with Crippen molar-refractivity contribution in [1.29, 1.82) is 0 Å². The molecule has 0 saturated heterocycles. The van der Waals surface area contributed by atoms with E-state index in [0.717, 1.165) is 11.6 Å². The molecule has 0 spiro atoms. The second-order valence-corrected chi connectivity index (χ2v) is 6.79. The Hall–Kier alpha value is -1.29. The van der Waals surface area contributed by atoms with Crippen LogP contribution in [-0.4, -0.2) is 9.55 Å². The van der Waals surface area contributed by atoms with Crippen molar-refractivity contribution < 1.29 is 0 Å². The number of halogens is 1. The predicted octanol–water partition coefficient (Wildman–Crippen LogP) is 5.51. The van der Waals surface area contributed by atoms with Crippen LogP contribution in [0.5, 0.6) is 0 Å². The Morgan fingerprint density at radius 3 is 2.48 bits per heavy atom. The number of hydrogen-bond donors (Lipinski definition) is 1. The zero-order valence-corrected chi connectivity index (χ0v) is 14.3. The third kappa shape index (κ3) is 3.15. The molecule has 1 aliphatic rings. The van der Waals surface area contributed by atoms with E-state index in [1.165, 1.54) is 47.7 Å². The minimum Gasteiger partial charge on any atom is -0.326 e. The lowest BCUT2D eigenvalue weighted by Gasteiger charge is -2.25.